The van der Waals surface area contributed by atoms with Crippen LogP contribution < -0.4 is 0 Å². The van der Waals surface area contributed by atoms with Crippen LogP contribution in [0, 0.1) is 0 Å². The van der Waals surface area contributed by atoms with Crippen molar-refractivity contribution in [1.82, 2.24) is 9.80 Å². The van der Waals surface area contributed by atoms with Crippen LogP contribution in [0.2, 0.25) is 0 Å². The summed E-state index contributed by atoms with van der Waals surface area (Å²) in [5.74, 6) is 0.602. The highest BCUT2D eigenvalue weighted by molar-refractivity contribution is 5.71. The molecule has 2 rings (SSSR count). The Balaban J connectivity index is 2.13. The standard InChI is InChI=1S/C20H26N2O2/c1-21(2)13-17-9-7-15(11-19(17)23)5-6-16-8-10-18(14-22(3)4)20(24)12-16/h5-12,23-24H,13-14H2,1-4H3/b6-5+. The van der Waals surface area contributed by atoms with Gasteiger partial charge in [0.1, 0.15) is 11.5 Å². The number of rotatable bonds is 6. The SMILES string of the molecule is CN(C)Cc1ccc(/C=C/c2ccc(CN(C)C)c(O)c2)cc1O. The second-order valence-electron chi connectivity index (χ2n) is 6.59. The maximum atomic E-state index is 10.1. The molecular weight excluding hydrogens is 300 g/mol. The maximum absolute atomic E-state index is 10.1. The molecule has 0 spiro atoms. The highest BCUT2D eigenvalue weighted by Crippen LogP contribution is 2.23. The number of aromatic hydroxyl groups is 2. The van der Waals surface area contributed by atoms with Crippen molar-refractivity contribution in [1.29, 1.82) is 0 Å². The van der Waals surface area contributed by atoms with Crippen LogP contribution in [0.4, 0.5) is 0 Å². The van der Waals surface area contributed by atoms with Crippen molar-refractivity contribution in [3.8, 4) is 11.5 Å². The Hall–Kier alpha value is -2.30. The van der Waals surface area contributed by atoms with E-state index in [9.17, 15) is 10.2 Å². The van der Waals surface area contributed by atoms with E-state index in [1.165, 1.54) is 0 Å². The van der Waals surface area contributed by atoms with Crippen LogP contribution in [0.25, 0.3) is 12.2 Å². The summed E-state index contributed by atoms with van der Waals surface area (Å²) in [6.45, 7) is 1.41. The van der Waals surface area contributed by atoms with Gasteiger partial charge in [-0.3, -0.25) is 0 Å². The molecule has 2 aromatic rings. The molecule has 24 heavy (non-hydrogen) atoms. The zero-order chi connectivity index (χ0) is 17.7. The predicted molar refractivity (Wildman–Crippen MR) is 99.9 cm³/mol. The van der Waals surface area contributed by atoms with E-state index in [2.05, 4.69) is 0 Å². The van der Waals surface area contributed by atoms with Crippen molar-refractivity contribution in [2.75, 3.05) is 28.2 Å². The van der Waals surface area contributed by atoms with E-state index in [1.807, 2.05) is 74.4 Å². The Morgan fingerprint density at radius 3 is 1.38 bits per heavy atom. The van der Waals surface area contributed by atoms with Crippen molar-refractivity contribution in [3.05, 3.63) is 58.7 Å². The summed E-state index contributed by atoms with van der Waals surface area (Å²) in [7, 11) is 7.89. The number of hydrogen-bond acceptors (Lipinski definition) is 4. The van der Waals surface area contributed by atoms with E-state index in [4.69, 9.17) is 0 Å². The quantitative estimate of drug-likeness (QED) is 0.799. The summed E-state index contributed by atoms with van der Waals surface area (Å²) in [6, 6.07) is 11.4. The Morgan fingerprint density at radius 2 is 1.08 bits per heavy atom. The molecule has 0 aliphatic carbocycles. The first kappa shape index (κ1) is 18.0. The van der Waals surface area contributed by atoms with Gasteiger partial charge < -0.3 is 20.0 Å². The van der Waals surface area contributed by atoms with Gasteiger partial charge in [0, 0.05) is 24.2 Å². The summed E-state index contributed by atoms with van der Waals surface area (Å²) < 4.78 is 0. The fourth-order valence-corrected chi connectivity index (χ4v) is 2.51. The van der Waals surface area contributed by atoms with E-state index in [0.29, 0.717) is 24.6 Å². The highest BCUT2D eigenvalue weighted by Gasteiger charge is 2.04. The molecule has 0 fully saturated rings. The molecule has 0 bridgehead atoms. The molecule has 0 atom stereocenters. The number of nitrogens with zero attached hydrogens (tertiary/aromatic N) is 2. The van der Waals surface area contributed by atoms with Crippen molar-refractivity contribution in [2.45, 2.75) is 13.1 Å². The first-order valence-corrected chi connectivity index (χ1v) is 7.96. The van der Waals surface area contributed by atoms with Crippen LogP contribution in [0.1, 0.15) is 22.3 Å². The van der Waals surface area contributed by atoms with Crippen molar-refractivity contribution >= 4 is 12.2 Å². The lowest BCUT2D eigenvalue weighted by molar-refractivity contribution is 0.386. The minimum atomic E-state index is 0.301. The molecule has 0 saturated heterocycles. The van der Waals surface area contributed by atoms with Gasteiger partial charge in [0.15, 0.2) is 0 Å². The third kappa shape index (κ3) is 5.11. The number of hydrogen-bond donors (Lipinski definition) is 2. The second-order valence-corrected chi connectivity index (χ2v) is 6.59. The Labute approximate surface area is 144 Å². The molecule has 0 saturated carbocycles. The molecule has 0 unspecified atom stereocenters. The van der Waals surface area contributed by atoms with Gasteiger partial charge in [-0.15, -0.1) is 0 Å². The molecular formula is C20H26N2O2. The van der Waals surface area contributed by atoms with Gasteiger partial charge in [0.05, 0.1) is 0 Å². The third-order valence-electron chi connectivity index (χ3n) is 3.66. The normalized spacial score (nSPS) is 11.8. The van der Waals surface area contributed by atoms with Crippen LogP contribution in [-0.2, 0) is 13.1 Å². The lowest BCUT2D eigenvalue weighted by atomic mass is 10.1. The monoisotopic (exact) mass is 326 g/mol. The van der Waals surface area contributed by atoms with Crippen LogP contribution in [0.15, 0.2) is 36.4 Å². The maximum Gasteiger partial charge on any atom is 0.120 e. The zero-order valence-corrected chi connectivity index (χ0v) is 14.8. The topological polar surface area (TPSA) is 46.9 Å². The molecule has 4 heteroatoms. The predicted octanol–water partition coefficient (Wildman–Crippen LogP) is 3.39. The van der Waals surface area contributed by atoms with Gasteiger partial charge in [-0.2, -0.15) is 0 Å². The highest BCUT2D eigenvalue weighted by atomic mass is 16.3. The van der Waals surface area contributed by atoms with E-state index >= 15 is 0 Å². The fourth-order valence-electron chi connectivity index (χ4n) is 2.51. The largest absolute Gasteiger partial charge is 0.508 e. The number of phenolic OH excluding ortho intramolecular Hbond substituents is 2. The van der Waals surface area contributed by atoms with E-state index in [1.54, 1.807) is 12.1 Å². The van der Waals surface area contributed by atoms with Gasteiger partial charge >= 0.3 is 0 Å². The van der Waals surface area contributed by atoms with Gasteiger partial charge in [0.2, 0.25) is 0 Å². The van der Waals surface area contributed by atoms with E-state index in [0.717, 1.165) is 22.3 Å². The summed E-state index contributed by atoms with van der Waals surface area (Å²) in [5, 5.41) is 20.2. The molecule has 0 amide bonds. The summed E-state index contributed by atoms with van der Waals surface area (Å²) in [6.07, 6.45) is 3.86. The first-order valence-electron chi connectivity index (χ1n) is 7.96. The number of phenols is 2. The van der Waals surface area contributed by atoms with Gasteiger partial charge in [-0.25, -0.2) is 0 Å². The zero-order valence-electron chi connectivity index (χ0n) is 14.8. The first-order chi connectivity index (χ1) is 11.3. The van der Waals surface area contributed by atoms with E-state index in [-0.39, 0.29) is 0 Å². The third-order valence-corrected chi connectivity index (χ3v) is 3.66. The Kier molecular flexibility index (Phi) is 6.01. The summed E-state index contributed by atoms with van der Waals surface area (Å²) >= 11 is 0. The molecule has 128 valence electrons. The number of benzene rings is 2. The van der Waals surface area contributed by atoms with Crippen molar-refractivity contribution in [3.63, 3.8) is 0 Å². The molecule has 4 nitrogen and oxygen atoms in total. The smallest absolute Gasteiger partial charge is 0.120 e. The summed E-state index contributed by atoms with van der Waals surface area (Å²) in [5.41, 5.74) is 3.66. The second kappa shape index (κ2) is 7.99. The summed E-state index contributed by atoms with van der Waals surface area (Å²) in [4.78, 5) is 4.03. The van der Waals surface area contributed by atoms with Gasteiger partial charge in [-0.05, 0) is 51.5 Å². The average Bonchev–Trinajstić information content (AvgIpc) is 2.49. The minimum absolute atomic E-state index is 0.301. The Bertz CT molecular complexity index is 660. The van der Waals surface area contributed by atoms with Crippen LogP contribution in [-0.4, -0.2) is 48.2 Å². The van der Waals surface area contributed by atoms with Crippen LogP contribution >= 0.6 is 0 Å². The molecule has 0 aromatic heterocycles. The fraction of sp³-hybridized carbons (Fsp3) is 0.300. The van der Waals surface area contributed by atoms with Gasteiger partial charge in [-0.1, -0.05) is 36.4 Å². The van der Waals surface area contributed by atoms with Gasteiger partial charge in [0.25, 0.3) is 0 Å². The average molecular weight is 326 g/mol. The molecule has 0 aliphatic heterocycles. The van der Waals surface area contributed by atoms with Crippen molar-refractivity contribution in [2.24, 2.45) is 0 Å². The molecule has 0 aliphatic rings. The lowest BCUT2D eigenvalue weighted by Crippen LogP contribution is -2.10. The molecule has 2 N–H and O–H groups in total. The van der Waals surface area contributed by atoms with E-state index < -0.39 is 0 Å². The van der Waals surface area contributed by atoms with Crippen LogP contribution in [0.3, 0.4) is 0 Å². The Morgan fingerprint density at radius 1 is 0.708 bits per heavy atom. The van der Waals surface area contributed by atoms with Crippen LogP contribution in [0.5, 0.6) is 11.5 Å². The minimum Gasteiger partial charge on any atom is -0.508 e. The van der Waals surface area contributed by atoms with Crippen molar-refractivity contribution < 1.29 is 10.2 Å². The molecule has 0 radical (unpaired) electrons. The molecule has 0 heterocycles. The lowest BCUT2D eigenvalue weighted by Gasteiger charge is -2.12. The molecule has 2 aromatic carbocycles.